The Hall–Kier alpha value is -4.41. The molecule has 5 N–H and O–H groups in total. The number of nitrogen functional groups attached to an aromatic ring is 1. The molecule has 0 bridgehead atoms. The number of hydrogen-bond acceptors (Lipinski definition) is 11. The number of pyridine rings is 1. The van der Waals surface area contributed by atoms with Gasteiger partial charge >= 0.3 is 17.8 Å². The number of nitriles is 1. The third-order valence-electron chi connectivity index (χ3n) is 7.82. The number of aliphatic hydroxyl groups excluding tert-OH is 3. The third kappa shape index (κ3) is 7.92. The summed E-state index contributed by atoms with van der Waals surface area (Å²) in [5.74, 6) is -4.56. The fourth-order valence-corrected chi connectivity index (χ4v) is 5.40. The van der Waals surface area contributed by atoms with Gasteiger partial charge in [-0.05, 0) is 50.1 Å². The van der Waals surface area contributed by atoms with E-state index in [1.54, 1.807) is 24.3 Å². The summed E-state index contributed by atoms with van der Waals surface area (Å²) >= 11 is 0. The number of nitrogens with zero attached hydrogens (tertiary/aromatic N) is 6. The average molecular weight is 718 g/mol. The number of nitrogens with two attached hydrogens (primary N) is 1. The molecule has 0 radical (unpaired) electrons. The van der Waals surface area contributed by atoms with Crippen LogP contribution >= 0.6 is 12.4 Å². The van der Waals surface area contributed by atoms with E-state index in [2.05, 4.69) is 9.97 Å². The van der Waals surface area contributed by atoms with E-state index in [-0.39, 0.29) is 42.7 Å². The summed E-state index contributed by atoms with van der Waals surface area (Å²) in [6, 6.07) is 9.56. The standard InChI is InChI=1S/C21H21F3N4O2.C9H11F2N3O4.ClH/c1-12-5-4-6-14(9-12)27(3)20(30)18-17(29)7-8-28(18)19-15(11-25)16(21(22,23)24)10-13(2)26-19;10-9(11)6(16)4(3-15)18-7(9)14-2-1-5(12)13-8(14)17;/h4-6,9-10,17-18,29H,7-8H2,1-3H3;1-2,4,6-7,15-16H,3H2,(H2,12,13,17);1H. The molecule has 3 aromatic rings. The van der Waals surface area contributed by atoms with Gasteiger partial charge in [0.25, 0.3) is 5.91 Å². The number of aryl methyl sites for hydroxylation is 2. The summed E-state index contributed by atoms with van der Waals surface area (Å²) < 4.78 is 73.1. The summed E-state index contributed by atoms with van der Waals surface area (Å²) in [6.45, 7) is 2.57. The molecular weight excluding hydrogens is 685 g/mol. The van der Waals surface area contributed by atoms with Crippen LogP contribution < -0.4 is 21.2 Å². The van der Waals surface area contributed by atoms with Gasteiger partial charge in [-0.15, -0.1) is 12.4 Å². The second-order valence-electron chi connectivity index (χ2n) is 11.2. The smallest absolute Gasteiger partial charge is 0.394 e. The van der Waals surface area contributed by atoms with Gasteiger partial charge in [-0.2, -0.15) is 32.2 Å². The number of halogens is 6. The normalized spacial score (nSPS) is 22.8. The van der Waals surface area contributed by atoms with E-state index >= 15 is 0 Å². The highest BCUT2D eigenvalue weighted by molar-refractivity contribution is 5.99. The lowest BCUT2D eigenvalue weighted by molar-refractivity contribution is -0.141. The van der Waals surface area contributed by atoms with Crippen LogP contribution in [-0.4, -0.2) is 86.2 Å². The first kappa shape index (κ1) is 39.0. The van der Waals surface area contributed by atoms with Gasteiger partial charge in [-0.1, -0.05) is 12.1 Å². The van der Waals surface area contributed by atoms with Crippen molar-refractivity contribution in [2.45, 2.75) is 62.9 Å². The highest BCUT2D eigenvalue weighted by atomic mass is 35.5. The Morgan fingerprint density at radius 2 is 1.88 bits per heavy atom. The monoisotopic (exact) mass is 717 g/mol. The summed E-state index contributed by atoms with van der Waals surface area (Å²) in [6.07, 6.45) is -10.4. The van der Waals surface area contributed by atoms with Crippen molar-refractivity contribution >= 4 is 35.6 Å². The number of benzene rings is 1. The lowest BCUT2D eigenvalue weighted by atomic mass is 10.1. The largest absolute Gasteiger partial charge is 0.417 e. The van der Waals surface area contributed by atoms with Crippen LogP contribution in [0.5, 0.6) is 0 Å². The molecule has 2 saturated heterocycles. The summed E-state index contributed by atoms with van der Waals surface area (Å²) in [5.41, 5.74) is 4.04. The minimum Gasteiger partial charge on any atom is -0.394 e. The Kier molecular flexibility index (Phi) is 12.0. The zero-order valence-electron chi connectivity index (χ0n) is 26.2. The summed E-state index contributed by atoms with van der Waals surface area (Å²) in [5, 5.41) is 38.0. The minimum atomic E-state index is -4.75. The molecule has 4 heterocycles. The van der Waals surface area contributed by atoms with Crippen LogP contribution in [0.3, 0.4) is 0 Å². The van der Waals surface area contributed by atoms with E-state index in [9.17, 15) is 47.0 Å². The molecule has 5 rings (SSSR count). The van der Waals surface area contributed by atoms with Crippen molar-refractivity contribution in [3.8, 4) is 6.07 Å². The molecule has 0 aliphatic carbocycles. The zero-order valence-corrected chi connectivity index (χ0v) is 27.0. The van der Waals surface area contributed by atoms with Crippen LogP contribution in [-0.2, 0) is 15.7 Å². The zero-order chi connectivity index (χ0) is 35.7. The first-order valence-corrected chi connectivity index (χ1v) is 14.4. The molecule has 19 heteroatoms. The molecule has 2 fully saturated rings. The molecule has 5 unspecified atom stereocenters. The van der Waals surface area contributed by atoms with E-state index in [0.717, 1.165) is 23.9 Å². The van der Waals surface area contributed by atoms with Gasteiger partial charge in [-0.25, -0.2) is 9.78 Å². The van der Waals surface area contributed by atoms with Crippen LogP contribution in [0.1, 0.15) is 35.0 Å². The molecule has 2 aliphatic heterocycles. The second kappa shape index (κ2) is 15.0. The molecule has 13 nitrogen and oxygen atoms in total. The predicted octanol–water partition coefficient (Wildman–Crippen LogP) is 2.32. The number of hydrogen-bond donors (Lipinski definition) is 4. The topological polar surface area (TPSA) is 191 Å². The molecule has 0 spiro atoms. The number of aromatic nitrogens is 3. The Bertz CT molecular complexity index is 1770. The lowest BCUT2D eigenvalue weighted by Gasteiger charge is -2.31. The average Bonchev–Trinajstić information content (AvgIpc) is 3.51. The van der Waals surface area contributed by atoms with Gasteiger partial charge in [0.2, 0.25) is 6.23 Å². The number of likely N-dealkylation sites (N-methyl/N-ethyl adjacent to an activating group) is 1. The maximum Gasteiger partial charge on any atom is 0.417 e. The molecule has 2 aliphatic rings. The molecular formula is C30H33ClF5N7O6. The van der Waals surface area contributed by atoms with E-state index in [1.165, 1.54) is 23.8 Å². The van der Waals surface area contributed by atoms with Crippen LogP contribution in [0.15, 0.2) is 47.4 Å². The number of carbonyl (C=O) groups is 1. The Morgan fingerprint density at radius 1 is 1.20 bits per heavy atom. The van der Waals surface area contributed by atoms with Crippen LogP contribution in [0.4, 0.5) is 39.3 Å². The Balaban J connectivity index is 0.000000293. The van der Waals surface area contributed by atoms with Crippen LogP contribution in [0.2, 0.25) is 0 Å². The molecule has 5 atom stereocenters. The highest BCUT2D eigenvalue weighted by Crippen LogP contribution is 2.42. The maximum atomic E-state index is 13.7. The van der Waals surface area contributed by atoms with E-state index in [4.69, 9.17) is 15.6 Å². The summed E-state index contributed by atoms with van der Waals surface area (Å²) in [4.78, 5) is 34.7. The predicted molar refractivity (Wildman–Crippen MR) is 167 cm³/mol. The fraction of sp³-hybridized carbons (Fsp3) is 0.433. The lowest BCUT2D eigenvalue weighted by Crippen LogP contribution is -2.49. The van der Waals surface area contributed by atoms with Gasteiger partial charge in [0.1, 0.15) is 35.4 Å². The number of amides is 1. The second-order valence-corrected chi connectivity index (χ2v) is 11.2. The highest BCUT2D eigenvalue weighted by Gasteiger charge is 2.59. The van der Waals surface area contributed by atoms with E-state index < -0.39 is 72.0 Å². The van der Waals surface area contributed by atoms with Gasteiger partial charge in [-0.3, -0.25) is 9.36 Å². The van der Waals surface area contributed by atoms with Crippen molar-refractivity contribution in [3.63, 3.8) is 0 Å². The van der Waals surface area contributed by atoms with E-state index in [0.29, 0.717) is 10.3 Å². The number of rotatable bonds is 5. The third-order valence-corrected chi connectivity index (χ3v) is 7.82. The number of ether oxygens (including phenoxy) is 1. The van der Waals surface area contributed by atoms with Crippen molar-refractivity contribution in [2.75, 3.05) is 35.7 Å². The maximum absolute atomic E-state index is 13.7. The van der Waals surface area contributed by atoms with E-state index in [1.807, 2.05) is 13.0 Å². The quantitative estimate of drug-likeness (QED) is 0.283. The number of carbonyl (C=O) groups excluding carboxylic acids is 1. The fourth-order valence-electron chi connectivity index (χ4n) is 5.40. The molecule has 2 aromatic heterocycles. The number of alkyl halides is 5. The van der Waals surface area contributed by atoms with Gasteiger partial charge in [0, 0.05) is 31.2 Å². The van der Waals surface area contributed by atoms with Crippen molar-refractivity contribution in [1.29, 1.82) is 5.26 Å². The molecule has 1 aromatic carbocycles. The minimum absolute atomic E-state index is 0. The van der Waals surface area contributed by atoms with Crippen molar-refractivity contribution < 1.29 is 46.8 Å². The SMILES string of the molecule is Cc1cccc(N(C)C(=O)C2C(O)CCN2c2nc(C)cc(C(F)(F)F)c2C#N)c1.Cl.Nc1ccn(C2OC(CO)C(O)C2(F)F)c(=O)n1. The first-order chi connectivity index (χ1) is 22.4. The van der Waals surface area contributed by atoms with Gasteiger partial charge < -0.3 is 35.6 Å². The molecule has 266 valence electrons. The summed E-state index contributed by atoms with van der Waals surface area (Å²) in [7, 11) is 1.54. The molecule has 49 heavy (non-hydrogen) atoms. The van der Waals surface area contributed by atoms with Gasteiger partial charge in [0.15, 0.2) is 6.10 Å². The molecule has 0 saturated carbocycles. The van der Waals surface area contributed by atoms with Crippen LogP contribution in [0, 0.1) is 25.2 Å². The van der Waals surface area contributed by atoms with Crippen molar-refractivity contribution in [1.82, 2.24) is 14.5 Å². The Labute approximate surface area is 282 Å². The van der Waals surface area contributed by atoms with Crippen molar-refractivity contribution in [2.24, 2.45) is 0 Å². The number of anilines is 3. The first-order valence-electron chi connectivity index (χ1n) is 14.4. The Morgan fingerprint density at radius 3 is 2.43 bits per heavy atom. The van der Waals surface area contributed by atoms with Gasteiger partial charge in [0.05, 0.1) is 18.3 Å². The molecule has 1 amide bonds. The van der Waals surface area contributed by atoms with Crippen molar-refractivity contribution in [3.05, 3.63) is 75.5 Å². The van der Waals surface area contributed by atoms with Crippen LogP contribution in [0.25, 0.3) is 0 Å². The number of aliphatic hydroxyl groups is 3.